The number of nitrogens with one attached hydrogen (secondary N) is 1. The lowest BCUT2D eigenvalue weighted by molar-refractivity contribution is -0.131. The molecule has 9 nitrogen and oxygen atoms in total. The predicted molar refractivity (Wildman–Crippen MR) is 106 cm³/mol. The highest BCUT2D eigenvalue weighted by atomic mass is 16.4. The third-order valence-electron chi connectivity index (χ3n) is 4.67. The Morgan fingerprint density at radius 3 is 2.45 bits per heavy atom. The number of nitrogens with zero attached hydrogens (tertiary/aromatic N) is 4. The van der Waals surface area contributed by atoms with Crippen LogP contribution in [-0.2, 0) is 16.0 Å². The molecule has 2 heterocycles. The summed E-state index contributed by atoms with van der Waals surface area (Å²) >= 11 is 0. The summed E-state index contributed by atoms with van der Waals surface area (Å²) in [5, 5.41) is 11.7. The van der Waals surface area contributed by atoms with Crippen molar-refractivity contribution in [3.05, 3.63) is 53.9 Å². The molecule has 1 fully saturated rings. The highest BCUT2D eigenvalue weighted by Gasteiger charge is 2.22. The van der Waals surface area contributed by atoms with E-state index >= 15 is 0 Å². The fourth-order valence-corrected chi connectivity index (χ4v) is 3.14. The lowest BCUT2D eigenvalue weighted by Gasteiger charge is -2.34. The van der Waals surface area contributed by atoms with Gasteiger partial charge in [-0.25, -0.2) is 14.8 Å². The minimum Gasteiger partial charge on any atom is -0.478 e. The smallest absolute Gasteiger partial charge is 0.335 e. The molecule has 29 heavy (non-hydrogen) atoms. The Morgan fingerprint density at radius 1 is 1.03 bits per heavy atom. The van der Waals surface area contributed by atoms with Gasteiger partial charge in [-0.05, 0) is 23.8 Å². The first kappa shape index (κ1) is 20.2. The Morgan fingerprint density at radius 2 is 1.76 bits per heavy atom. The first-order chi connectivity index (χ1) is 14.0. The molecule has 2 N–H and O–H groups in total. The number of aromatic nitrogens is 2. The number of hydrogen-bond acceptors (Lipinski definition) is 6. The number of aromatic carboxylic acids is 1. The summed E-state index contributed by atoms with van der Waals surface area (Å²) < 4.78 is 0. The first-order valence-corrected chi connectivity index (χ1v) is 9.41. The summed E-state index contributed by atoms with van der Waals surface area (Å²) in [7, 11) is 0. The number of carboxylic acids is 1. The maximum Gasteiger partial charge on any atom is 0.335 e. The Labute approximate surface area is 168 Å². The molecule has 9 heteroatoms. The van der Waals surface area contributed by atoms with Crippen molar-refractivity contribution in [1.29, 1.82) is 0 Å². The van der Waals surface area contributed by atoms with E-state index in [0.717, 1.165) is 0 Å². The number of amides is 2. The topological polar surface area (TPSA) is 116 Å². The molecule has 152 valence electrons. The Balaban J connectivity index is 1.38. The van der Waals surface area contributed by atoms with Crippen molar-refractivity contribution in [3.8, 4) is 0 Å². The molecule has 0 saturated carbocycles. The van der Waals surface area contributed by atoms with Crippen molar-refractivity contribution in [2.45, 2.75) is 12.8 Å². The van der Waals surface area contributed by atoms with Crippen molar-refractivity contribution >= 4 is 23.7 Å². The number of carbonyl (C=O) groups is 3. The van der Waals surface area contributed by atoms with Crippen LogP contribution < -0.4 is 10.2 Å². The van der Waals surface area contributed by atoms with Crippen LogP contribution in [0.1, 0.15) is 22.3 Å². The third-order valence-corrected chi connectivity index (χ3v) is 4.67. The van der Waals surface area contributed by atoms with Crippen molar-refractivity contribution in [1.82, 2.24) is 20.2 Å². The van der Waals surface area contributed by atoms with Gasteiger partial charge in [-0.2, -0.15) is 0 Å². The SMILES string of the molecule is O=C(Cc1cccc(C(=O)O)c1)NCCC(=O)N1CCN(c2ncccn2)CC1. The molecule has 0 unspecified atom stereocenters. The minimum atomic E-state index is -1.03. The van der Waals surface area contributed by atoms with E-state index in [1.165, 1.54) is 12.1 Å². The molecular weight excluding hydrogens is 374 g/mol. The van der Waals surface area contributed by atoms with Crippen molar-refractivity contribution in [2.24, 2.45) is 0 Å². The van der Waals surface area contributed by atoms with Gasteiger partial charge in [0, 0.05) is 51.5 Å². The summed E-state index contributed by atoms with van der Waals surface area (Å²) in [6.45, 7) is 2.77. The standard InChI is InChI=1S/C20H23N5O4/c26-17(14-15-3-1-4-16(13-15)19(28)29)21-8-5-18(27)24-9-11-25(12-10-24)20-22-6-2-7-23-20/h1-4,6-7,13H,5,8-12,14H2,(H,21,26)(H,28,29). The molecule has 1 aliphatic heterocycles. The van der Waals surface area contributed by atoms with E-state index in [-0.39, 0.29) is 36.8 Å². The van der Waals surface area contributed by atoms with E-state index in [1.807, 2.05) is 4.90 Å². The van der Waals surface area contributed by atoms with E-state index in [9.17, 15) is 14.4 Å². The average molecular weight is 397 g/mol. The van der Waals surface area contributed by atoms with Gasteiger partial charge in [0.15, 0.2) is 0 Å². The molecule has 1 aromatic carbocycles. The number of piperazine rings is 1. The fourth-order valence-electron chi connectivity index (χ4n) is 3.14. The second kappa shape index (κ2) is 9.63. The monoisotopic (exact) mass is 397 g/mol. The van der Waals surface area contributed by atoms with Crippen molar-refractivity contribution in [2.75, 3.05) is 37.6 Å². The molecule has 0 bridgehead atoms. The van der Waals surface area contributed by atoms with Gasteiger partial charge in [0.1, 0.15) is 0 Å². The number of carboxylic acid groups (broad SMARTS) is 1. The van der Waals surface area contributed by atoms with E-state index in [0.29, 0.717) is 37.7 Å². The maximum atomic E-state index is 12.4. The van der Waals surface area contributed by atoms with Gasteiger partial charge in [0.2, 0.25) is 17.8 Å². The molecule has 0 aliphatic carbocycles. The fraction of sp³-hybridized carbons (Fsp3) is 0.350. The lowest BCUT2D eigenvalue weighted by Crippen LogP contribution is -2.49. The number of rotatable bonds is 7. The van der Waals surface area contributed by atoms with Gasteiger partial charge in [0.05, 0.1) is 12.0 Å². The molecule has 2 amide bonds. The van der Waals surface area contributed by atoms with E-state index < -0.39 is 5.97 Å². The average Bonchev–Trinajstić information content (AvgIpc) is 2.74. The summed E-state index contributed by atoms with van der Waals surface area (Å²) in [5.74, 6) is -0.617. The molecule has 0 spiro atoms. The molecule has 3 rings (SSSR count). The zero-order valence-electron chi connectivity index (χ0n) is 16.0. The van der Waals surface area contributed by atoms with Crippen molar-refractivity contribution < 1.29 is 19.5 Å². The second-order valence-corrected chi connectivity index (χ2v) is 6.70. The summed E-state index contributed by atoms with van der Waals surface area (Å²) in [6.07, 6.45) is 3.69. The Kier molecular flexibility index (Phi) is 6.72. The van der Waals surface area contributed by atoms with E-state index in [1.54, 1.807) is 35.5 Å². The molecule has 1 saturated heterocycles. The van der Waals surface area contributed by atoms with Crippen LogP contribution >= 0.6 is 0 Å². The maximum absolute atomic E-state index is 12.4. The quantitative estimate of drug-likeness (QED) is 0.702. The van der Waals surface area contributed by atoms with Gasteiger partial charge < -0.3 is 20.2 Å². The van der Waals surface area contributed by atoms with Gasteiger partial charge >= 0.3 is 5.97 Å². The second-order valence-electron chi connectivity index (χ2n) is 6.70. The zero-order chi connectivity index (χ0) is 20.6. The highest BCUT2D eigenvalue weighted by molar-refractivity contribution is 5.88. The molecular formula is C20H23N5O4. The number of carbonyl (C=O) groups excluding carboxylic acids is 2. The van der Waals surface area contributed by atoms with Gasteiger partial charge in [-0.3, -0.25) is 9.59 Å². The number of benzene rings is 1. The molecule has 1 aliphatic rings. The van der Waals surface area contributed by atoms with Crippen LogP contribution in [0.2, 0.25) is 0 Å². The van der Waals surface area contributed by atoms with Crippen LogP contribution in [0.4, 0.5) is 5.95 Å². The van der Waals surface area contributed by atoms with Gasteiger partial charge in [-0.15, -0.1) is 0 Å². The predicted octanol–water partition coefficient (Wildman–Crippen LogP) is 0.572. The highest BCUT2D eigenvalue weighted by Crippen LogP contribution is 2.10. The van der Waals surface area contributed by atoms with Crippen LogP contribution in [0.5, 0.6) is 0 Å². The van der Waals surface area contributed by atoms with Crippen LogP contribution in [0.3, 0.4) is 0 Å². The molecule has 0 atom stereocenters. The van der Waals surface area contributed by atoms with Crippen LogP contribution in [0, 0.1) is 0 Å². The van der Waals surface area contributed by atoms with Crippen LogP contribution in [-0.4, -0.2) is 70.5 Å². The molecule has 0 radical (unpaired) electrons. The van der Waals surface area contributed by atoms with Crippen LogP contribution in [0.25, 0.3) is 0 Å². The largest absolute Gasteiger partial charge is 0.478 e. The minimum absolute atomic E-state index is 0.00759. The normalized spacial score (nSPS) is 13.8. The molecule has 2 aromatic rings. The molecule has 1 aromatic heterocycles. The summed E-state index contributed by atoms with van der Waals surface area (Å²) in [5.41, 5.74) is 0.763. The third kappa shape index (κ3) is 5.74. The van der Waals surface area contributed by atoms with E-state index in [4.69, 9.17) is 5.11 Å². The van der Waals surface area contributed by atoms with Gasteiger partial charge in [0.25, 0.3) is 0 Å². The summed E-state index contributed by atoms with van der Waals surface area (Å²) in [4.78, 5) is 47.7. The summed E-state index contributed by atoms with van der Waals surface area (Å²) in [6, 6.07) is 8.03. The first-order valence-electron chi connectivity index (χ1n) is 9.41. The number of hydrogen-bond donors (Lipinski definition) is 2. The zero-order valence-corrected chi connectivity index (χ0v) is 16.0. The van der Waals surface area contributed by atoms with E-state index in [2.05, 4.69) is 15.3 Å². The lowest BCUT2D eigenvalue weighted by atomic mass is 10.1. The van der Waals surface area contributed by atoms with Crippen LogP contribution in [0.15, 0.2) is 42.7 Å². The van der Waals surface area contributed by atoms with Gasteiger partial charge in [-0.1, -0.05) is 12.1 Å². The van der Waals surface area contributed by atoms with Crippen molar-refractivity contribution in [3.63, 3.8) is 0 Å². The number of anilines is 1. The Bertz CT molecular complexity index is 866. The Hall–Kier alpha value is -3.49.